The summed E-state index contributed by atoms with van der Waals surface area (Å²) in [5.41, 5.74) is 6.18. The van der Waals surface area contributed by atoms with Crippen molar-refractivity contribution in [3.05, 3.63) is 101 Å². The molecule has 1 atom stereocenters. The highest BCUT2D eigenvalue weighted by Gasteiger charge is 2.38. The Kier molecular flexibility index (Phi) is 5.37. The quantitative estimate of drug-likeness (QED) is 0.706. The van der Waals surface area contributed by atoms with Crippen LogP contribution in [0.1, 0.15) is 17.0 Å². The van der Waals surface area contributed by atoms with E-state index in [2.05, 4.69) is 83.6 Å². The molecule has 2 aromatic rings. The molecule has 1 fully saturated rings. The number of rotatable bonds is 5. The lowest BCUT2D eigenvalue weighted by Crippen LogP contribution is -2.38. The lowest BCUT2D eigenvalue weighted by atomic mass is 9.79. The molecule has 0 radical (unpaired) electrons. The summed E-state index contributed by atoms with van der Waals surface area (Å²) in [6, 6.07) is 19.3. The second-order valence-corrected chi connectivity index (χ2v) is 7.89. The SMILES string of the molecule is CN1C2=C([C+]=C(OCCN3CCOCC3)C=C2)C(c2ccccc2)c2ccccc21. The van der Waals surface area contributed by atoms with Crippen LogP contribution in [0.4, 0.5) is 5.69 Å². The van der Waals surface area contributed by atoms with Crippen molar-refractivity contribution in [2.45, 2.75) is 5.92 Å². The molecule has 1 aliphatic carbocycles. The fourth-order valence-corrected chi connectivity index (χ4v) is 4.50. The topological polar surface area (TPSA) is 24.9 Å². The monoisotopic (exact) mass is 399 g/mol. The van der Waals surface area contributed by atoms with Gasteiger partial charge in [0.15, 0.2) is 11.3 Å². The molecular formula is C26H27N2O2+. The third-order valence-corrected chi connectivity index (χ3v) is 6.09. The average Bonchev–Trinajstić information content (AvgIpc) is 2.81. The third kappa shape index (κ3) is 3.66. The predicted octanol–water partition coefficient (Wildman–Crippen LogP) is 4.13. The summed E-state index contributed by atoms with van der Waals surface area (Å²) in [6.45, 7) is 5.17. The summed E-state index contributed by atoms with van der Waals surface area (Å²) in [5.74, 6) is 0.965. The number of para-hydroxylation sites is 1. The third-order valence-electron chi connectivity index (χ3n) is 6.09. The van der Waals surface area contributed by atoms with E-state index < -0.39 is 0 Å². The number of likely N-dealkylation sites (N-methyl/N-ethyl adjacent to an activating group) is 1. The van der Waals surface area contributed by atoms with Crippen molar-refractivity contribution >= 4 is 5.69 Å². The van der Waals surface area contributed by atoms with Gasteiger partial charge in [-0.1, -0.05) is 48.5 Å². The first-order valence-electron chi connectivity index (χ1n) is 10.7. The smallest absolute Gasteiger partial charge is 0.289 e. The summed E-state index contributed by atoms with van der Waals surface area (Å²) >= 11 is 0. The molecule has 0 bridgehead atoms. The zero-order valence-electron chi connectivity index (χ0n) is 17.4. The number of benzene rings is 2. The van der Waals surface area contributed by atoms with Crippen molar-refractivity contribution in [3.63, 3.8) is 0 Å². The van der Waals surface area contributed by atoms with Crippen molar-refractivity contribution in [3.8, 4) is 0 Å². The summed E-state index contributed by atoms with van der Waals surface area (Å²) in [5, 5.41) is 0. The molecule has 1 saturated heterocycles. The molecule has 3 aliphatic rings. The van der Waals surface area contributed by atoms with Crippen molar-refractivity contribution in [2.75, 3.05) is 51.4 Å². The number of fused-ring (bicyclic) bond motifs is 1. The highest BCUT2D eigenvalue weighted by molar-refractivity contribution is 5.71. The molecule has 0 amide bonds. The number of anilines is 1. The van der Waals surface area contributed by atoms with Gasteiger partial charge in [0, 0.05) is 26.7 Å². The molecule has 30 heavy (non-hydrogen) atoms. The van der Waals surface area contributed by atoms with Gasteiger partial charge in [-0.15, -0.1) is 0 Å². The van der Waals surface area contributed by atoms with Crippen LogP contribution >= 0.6 is 0 Å². The van der Waals surface area contributed by atoms with Crippen LogP contribution < -0.4 is 4.90 Å². The van der Waals surface area contributed by atoms with Crippen molar-refractivity contribution < 1.29 is 9.47 Å². The molecule has 0 saturated carbocycles. The molecule has 5 rings (SSSR count). The molecular weight excluding hydrogens is 372 g/mol. The lowest BCUT2D eigenvalue weighted by Gasteiger charge is -2.31. The van der Waals surface area contributed by atoms with Gasteiger partial charge < -0.3 is 9.47 Å². The molecule has 2 heterocycles. The van der Waals surface area contributed by atoms with Crippen LogP contribution in [0, 0.1) is 6.08 Å². The summed E-state index contributed by atoms with van der Waals surface area (Å²) in [7, 11) is 2.13. The van der Waals surface area contributed by atoms with Crippen LogP contribution in [-0.4, -0.2) is 51.4 Å². The fraction of sp³-hybridized carbons (Fsp3) is 0.308. The van der Waals surface area contributed by atoms with E-state index in [4.69, 9.17) is 9.47 Å². The first-order chi connectivity index (χ1) is 14.8. The van der Waals surface area contributed by atoms with Gasteiger partial charge in [0.2, 0.25) is 0 Å². The Balaban J connectivity index is 1.43. The maximum absolute atomic E-state index is 6.13. The first-order valence-corrected chi connectivity index (χ1v) is 10.7. The number of hydrogen-bond donors (Lipinski definition) is 0. The molecule has 0 N–H and O–H groups in total. The van der Waals surface area contributed by atoms with E-state index in [1.54, 1.807) is 0 Å². The maximum Gasteiger partial charge on any atom is 0.289 e. The average molecular weight is 400 g/mol. The molecule has 1 unspecified atom stereocenters. The molecule has 0 aromatic heterocycles. The van der Waals surface area contributed by atoms with Crippen LogP contribution in [0.2, 0.25) is 0 Å². The van der Waals surface area contributed by atoms with E-state index >= 15 is 0 Å². The summed E-state index contributed by atoms with van der Waals surface area (Å²) in [4.78, 5) is 4.65. The van der Waals surface area contributed by atoms with E-state index in [-0.39, 0.29) is 5.92 Å². The second-order valence-electron chi connectivity index (χ2n) is 7.89. The van der Waals surface area contributed by atoms with E-state index in [1.165, 1.54) is 28.1 Å². The molecule has 152 valence electrons. The zero-order chi connectivity index (χ0) is 20.3. The molecule has 4 heteroatoms. The van der Waals surface area contributed by atoms with Gasteiger partial charge >= 0.3 is 0 Å². The molecule has 0 spiro atoms. The van der Waals surface area contributed by atoms with Gasteiger partial charge in [-0.05, 0) is 17.2 Å². The highest BCUT2D eigenvalue weighted by atomic mass is 16.5. The maximum atomic E-state index is 6.13. The van der Waals surface area contributed by atoms with E-state index in [1.807, 2.05) is 6.08 Å². The Morgan fingerprint density at radius 2 is 1.77 bits per heavy atom. The minimum atomic E-state index is 0.149. The van der Waals surface area contributed by atoms with Gasteiger partial charge in [-0.3, -0.25) is 9.80 Å². The highest BCUT2D eigenvalue weighted by Crippen LogP contribution is 2.46. The van der Waals surface area contributed by atoms with Gasteiger partial charge in [0.1, 0.15) is 6.61 Å². The second kappa shape index (κ2) is 8.45. The van der Waals surface area contributed by atoms with E-state index in [0.29, 0.717) is 6.61 Å². The number of hydrogen-bond acceptors (Lipinski definition) is 4. The first kappa shape index (κ1) is 19.1. The van der Waals surface area contributed by atoms with Gasteiger partial charge in [0.25, 0.3) is 5.76 Å². The van der Waals surface area contributed by atoms with E-state index in [0.717, 1.165) is 38.6 Å². The zero-order valence-corrected chi connectivity index (χ0v) is 17.4. The number of morpholine rings is 1. The number of nitrogens with zero attached hydrogens (tertiary/aromatic N) is 2. The summed E-state index contributed by atoms with van der Waals surface area (Å²) in [6.07, 6.45) is 7.83. The Bertz CT molecular complexity index is 987. The van der Waals surface area contributed by atoms with Crippen LogP contribution in [0.15, 0.2) is 83.8 Å². The number of ether oxygens (including phenoxy) is 2. The Labute approximate surface area is 178 Å². The van der Waals surface area contributed by atoms with Crippen LogP contribution in [0.3, 0.4) is 0 Å². The standard InChI is InChI=1S/C26H27N2O2/c1-27-24-10-6-5-9-22(24)26(20-7-3-2-4-8-20)23-19-21(11-12-25(23)27)30-18-15-28-13-16-29-17-14-28/h2-12,26H,13-18H2,1H3/q+1. The van der Waals surface area contributed by atoms with Crippen LogP contribution in [-0.2, 0) is 9.47 Å². The number of allylic oxidation sites excluding steroid dienone is 4. The van der Waals surface area contributed by atoms with Crippen molar-refractivity contribution in [2.24, 2.45) is 0 Å². The lowest BCUT2D eigenvalue weighted by molar-refractivity contribution is 0.0280. The van der Waals surface area contributed by atoms with Crippen LogP contribution in [0.25, 0.3) is 0 Å². The Hall–Kier alpha value is -2.91. The van der Waals surface area contributed by atoms with Crippen LogP contribution in [0.5, 0.6) is 0 Å². The largest absolute Gasteiger partial charge is 0.464 e. The van der Waals surface area contributed by atoms with Gasteiger partial charge in [-0.2, -0.15) is 0 Å². The van der Waals surface area contributed by atoms with E-state index in [9.17, 15) is 0 Å². The Morgan fingerprint density at radius 3 is 2.60 bits per heavy atom. The normalized spacial score (nSPS) is 20.9. The molecule has 2 aromatic carbocycles. The minimum Gasteiger partial charge on any atom is -0.464 e. The van der Waals surface area contributed by atoms with Gasteiger partial charge in [0.05, 0.1) is 43.0 Å². The predicted molar refractivity (Wildman–Crippen MR) is 119 cm³/mol. The fourth-order valence-electron chi connectivity index (χ4n) is 4.50. The summed E-state index contributed by atoms with van der Waals surface area (Å²) < 4.78 is 11.6. The van der Waals surface area contributed by atoms with Crippen molar-refractivity contribution in [1.29, 1.82) is 0 Å². The minimum absolute atomic E-state index is 0.149. The molecule has 4 nitrogen and oxygen atoms in total. The molecule has 2 aliphatic heterocycles. The van der Waals surface area contributed by atoms with Gasteiger partial charge in [-0.25, -0.2) is 0 Å². The Morgan fingerprint density at radius 1 is 1.00 bits per heavy atom. The van der Waals surface area contributed by atoms with Crippen molar-refractivity contribution in [1.82, 2.24) is 4.90 Å².